The van der Waals surface area contributed by atoms with Crippen LogP contribution in [0.2, 0.25) is 0 Å². The maximum Gasteiger partial charge on any atom is 0.422 e. The number of halogens is 4. The van der Waals surface area contributed by atoms with Crippen molar-refractivity contribution in [1.29, 1.82) is 0 Å². The fourth-order valence-corrected chi connectivity index (χ4v) is 2.68. The Morgan fingerprint density at radius 3 is 2.39 bits per heavy atom. The zero-order valence-electron chi connectivity index (χ0n) is 16.6. The molecule has 0 radical (unpaired) electrons. The summed E-state index contributed by atoms with van der Waals surface area (Å²) in [6.45, 7) is -0.424. The maximum atomic E-state index is 13.2. The number of alkyl halides is 3. The summed E-state index contributed by atoms with van der Waals surface area (Å²) in [6.07, 6.45) is -2.78. The van der Waals surface area contributed by atoms with Crippen molar-refractivity contribution in [2.24, 2.45) is 0 Å². The first kappa shape index (κ1) is 22.4. The standard InChI is InChI=1S/C22H20F4N2O3/c1-29-20-9-15(5-7-19(20)30-14-22(24,25)26)11-27-12-16-6-8-21(28-13-16)31-18-4-2-3-17(23)10-18/h2-10,13,27H,11-12,14H2,1H3. The Morgan fingerprint density at radius 2 is 1.71 bits per heavy atom. The Hall–Kier alpha value is -3.33. The van der Waals surface area contributed by atoms with Crippen molar-refractivity contribution in [2.45, 2.75) is 19.3 Å². The molecule has 0 unspecified atom stereocenters. The van der Waals surface area contributed by atoms with Crippen LogP contribution in [0.15, 0.2) is 60.8 Å². The molecule has 0 spiro atoms. The van der Waals surface area contributed by atoms with Gasteiger partial charge in [0.1, 0.15) is 11.6 Å². The summed E-state index contributed by atoms with van der Waals surface area (Å²) in [7, 11) is 1.37. The number of nitrogens with one attached hydrogen (secondary N) is 1. The molecule has 0 saturated heterocycles. The van der Waals surface area contributed by atoms with Crippen LogP contribution >= 0.6 is 0 Å². The number of nitrogens with zero attached hydrogens (tertiary/aromatic N) is 1. The van der Waals surface area contributed by atoms with Crippen molar-refractivity contribution >= 4 is 0 Å². The van der Waals surface area contributed by atoms with Gasteiger partial charge in [0.25, 0.3) is 0 Å². The number of ether oxygens (including phenoxy) is 3. The molecular weight excluding hydrogens is 416 g/mol. The van der Waals surface area contributed by atoms with Crippen molar-refractivity contribution in [1.82, 2.24) is 10.3 Å². The third kappa shape index (κ3) is 7.14. The van der Waals surface area contributed by atoms with E-state index in [4.69, 9.17) is 14.2 Å². The van der Waals surface area contributed by atoms with E-state index in [9.17, 15) is 17.6 Å². The number of rotatable bonds is 9. The zero-order valence-corrected chi connectivity index (χ0v) is 16.6. The predicted octanol–water partition coefficient (Wildman–Crippen LogP) is 5.25. The summed E-state index contributed by atoms with van der Waals surface area (Å²) in [5.74, 6) is 0.559. The Labute approximate surface area is 176 Å². The number of hydrogen-bond donors (Lipinski definition) is 1. The fraction of sp³-hybridized carbons (Fsp3) is 0.227. The molecule has 0 amide bonds. The molecule has 1 N–H and O–H groups in total. The van der Waals surface area contributed by atoms with E-state index in [1.54, 1.807) is 36.5 Å². The molecule has 9 heteroatoms. The third-order valence-electron chi connectivity index (χ3n) is 4.09. The minimum atomic E-state index is -4.42. The van der Waals surface area contributed by atoms with Gasteiger partial charge in [-0.15, -0.1) is 0 Å². The van der Waals surface area contributed by atoms with Crippen LogP contribution in [0.1, 0.15) is 11.1 Å². The van der Waals surface area contributed by atoms with E-state index in [1.807, 2.05) is 6.07 Å². The molecule has 3 rings (SSSR count). The Bertz CT molecular complexity index is 995. The molecule has 0 bridgehead atoms. The van der Waals surface area contributed by atoms with Crippen LogP contribution in [0.3, 0.4) is 0 Å². The maximum absolute atomic E-state index is 13.2. The molecular formula is C22H20F4N2O3. The van der Waals surface area contributed by atoms with E-state index in [-0.39, 0.29) is 11.5 Å². The molecule has 1 aromatic heterocycles. The topological polar surface area (TPSA) is 52.6 Å². The molecule has 0 aliphatic heterocycles. The molecule has 164 valence electrons. The second-order valence-corrected chi connectivity index (χ2v) is 6.56. The summed E-state index contributed by atoms with van der Waals surface area (Å²) in [4.78, 5) is 4.20. The van der Waals surface area contributed by atoms with Crippen LogP contribution in [0.4, 0.5) is 17.6 Å². The summed E-state index contributed by atoms with van der Waals surface area (Å²) in [6, 6.07) is 14.0. The highest BCUT2D eigenvalue weighted by atomic mass is 19.4. The normalized spacial score (nSPS) is 11.3. The van der Waals surface area contributed by atoms with Crippen molar-refractivity contribution in [3.63, 3.8) is 0 Å². The van der Waals surface area contributed by atoms with Crippen LogP contribution in [0.5, 0.6) is 23.1 Å². The monoisotopic (exact) mass is 436 g/mol. The molecule has 1 heterocycles. The van der Waals surface area contributed by atoms with Crippen molar-refractivity contribution < 1.29 is 31.8 Å². The first-order chi connectivity index (χ1) is 14.8. The summed E-state index contributed by atoms with van der Waals surface area (Å²) < 4.78 is 65.6. The van der Waals surface area contributed by atoms with Gasteiger partial charge in [0.15, 0.2) is 18.1 Å². The van der Waals surface area contributed by atoms with Crippen LogP contribution in [0.25, 0.3) is 0 Å². The second-order valence-electron chi connectivity index (χ2n) is 6.56. The van der Waals surface area contributed by atoms with E-state index >= 15 is 0 Å². The number of benzene rings is 2. The number of hydrogen-bond acceptors (Lipinski definition) is 5. The van der Waals surface area contributed by atoms with E-state index in [1.165, 1.54) is 25.3 Å². The number of pyridine rings is 1. The quantitative estimate of drug-likeness (QED) is 0.464. The molecule has 0 saturated carbocycles. The van der Waals surface area contributed by atoms with Crippen molar-refractivity contribution in [2.75, 3.05) is 13.7 Å². The molecule has 2 aromatic carbocycles. The van der Waals surface area contributed by atoms with E-state index < -0.39 is 18.6 Å². The largest absolute Gasteiger partial charge is 0.493 e. The number of methoxy groups -OCH3 is 1. The van der Waals surface area contributed by atoms with E-state index in [0.717, 1.165) is 11.1 Å². The van der Waals surface area contributed by atoms with Gasteiger partial charge < -0.3 is 19.5 Å². The average molecular weight is 436 g/mol. The molecule has 0 atom stereocenters. The van der Waals surface area contributed by atoms with Crippen LogP contribution in [0, 0.1) is 5.82 Å². The smallest absolute Gasteiger partial charge is 0.422 e. The van der Waals surface area contributed by atoms with Gasteiger partial charge in [0.05, 0.1) is 7.11 Å². The van der Waals surface area contributed by atoms with Crippen LogP contribution in [-0.2, 0) is 13.1 Å². The lowest BCUT2D eigenvalue weighted by molar-refractivity contribution is -0.153. The highest BCUT2D eigenvalue weighted by Gasteiger charge is 2.29. The van der Waals surface area contributed by atoms with E-state index in [0.29, 0.717) is 24.7 Å². The lowest BCUT2D eigenvalue weighted by atomic mass is 10.2. The SMILES string of the molecule is COc1cc(CNCc2ccc(Oc3cccc(F)c3)nc2)ccc1OCC(F)(F)F. The summed E-state index contributed by atoms with van der Waals surface area (Å²) in [5.41, 5.74) is 1.71. The molecule has 3 aromatic rings. The molecule has 0 aliphatic rings. The Kier molecular flexibility index (Phi) is 7.30. The molecule has 5 nitrogen and oxygen atoms in total. The highest BCUT2D eigenvalue weighted by Crippen LogP contribution is 2.29. The minimum absolute atomic E-state index is 0.0293. The summed E-state index contributed by atoms with van der Waals surface area (Å²) in [5, 5.41) is 3.21. The van der Waals surface area contributed by atoms with Gasteiger partial charge >= 0.3 is 6.18 Å². The minimum Gasteiger partial charge on any atom is -0.493 e. The van der Waals surface area contributed by atoms with Gasteiger partial charge in [-0.05, 0) is 35.4 Å². The lowest BCUT2D eigenvalue weighted by Crippen LogP contribution is -2.19. The predicted molar refractivity (Wildman–Crippen MR) is 106 cm³/mol. The Balaban J connectivity index is 1.51. The lowest BCUT2D eigenvalue weighted by Gasteiger charge is -2.14. The number of aromatic nitrogens is 1. The first-order valence-corrected chi connectivity index (χ1v) is 9.28. The van der Waals surface area contributed by atoms with Crippen molar-refractivity contribution in [3.05, 3.63) is 77.7 Å². The van der Waals surface area contributed by atoms with Gasteiger partial charge in [0, 0.05) is 31.4 Å². The van der Waals surface area contributed by atoms with E-state index in [2.05, 4.69) is 10.3 Å². The molecule has 31 heavy (non-hydrogen) atoms. The summed E-state index contributed by atoms with van der Waals surface area (Å²) >= 11 is 0. The van der Waals surface area contributed by atoms with Crippen LogP contribution < -0.4 is 19.5 Å². The zero-order chi connectivity index (χ0) is 22.3. The van der Waals surface area contributed by atoms with Gasteiger partial charge in [-0.1, -0.05) is 18.2 Å². The van der Waals surface area contributed by atoms with Gasteiger partial charge in [-0.25, -0.2) is 9.37 Å². The van der Waals surface area contributed by atoms with Crippen LogP contribution in [-0.4, -0.2) is 24.9 Å². The molecule has 0 aliphatic carbocycles. The highest BCUT2D eigenvalue weighted by molar-refractivity contribution is 5.43. The molecule has 0 fully saturated rings. The first-order valence-electron chi connectivity index (χ1n) is 9.28. The Morgan fingerprint density at radius 1 is 0.935 bits per heavy atom. The van der Waals surface area contributed by atoms with Gasteiger partial charge in [0.2, 0.25) is 5.88 Å². The average Bonchev–Trinajstić information content (AvgIpc) is 2.73. The van der Waals surface area contributed by atoms with Gasteiger partial charge in [-0.3, -0.25) is 0 Å². The fourth-order valence-electron chi connectivity index (χ4n) is 2.68. The third-order valence-corrected chi connectivity index (χ3v) is 4.09. The second kappa shape index (κ2) is 10.1. The van der Waals surface area contributed by atoms with Gasteiger partial charge in [-0.2, -0.15) is 13.2 Å². The van der Waals surface area contributed by atoms with Crippen molar-refractivity contribution in [3.8, 4) is 23.1 Å².